The number of aromatic nitrogens is 7. The Kier molecular flexibility index (Phi) is 3.83. The Balaban J connectivity index is 1.47. The van der Waals surface area contributed by atoms with Crippen molar-refractivity contribution in [1.29, 1.82) is 0 Å². The summed E-state index contributed by atoms with van der Waals surface area (Å²) in [5.74, 6) is 1.72. The lowest BCUT2D eigenvalue weighted by molar-refractivity contribution is 0.574. The molecule has 0 amide bonds. The van der Waals surface area contributed by atoms with E-state index in [0.29, 0.717) is 0 Å². The summed E-state index contributed by atoms with van der Waals surface area (Å²) in [6.07, 6.45) is 9.44. The van der Waals surface area contributed by atoms with Gasteiger partial charge >= 0.3 is 0 Å². The van der Waals surface area contributed by atoms with Crippen LogP contribution < -0.4 is 4.90 Å². The minimum absolute atomic E-state index is 0.755. The lowest BCUT2D eigenvalue weighted by atomic mass is 10.1. The van der Waals surface area contributed by atoms with Crippen molar-refractivity contribution >= 4 is 27.8 Å². The maximum absolute atomic E-state index is 4.93. The van der Waals surface area contributed by atoms with E-state index >= 15 is 0 Å². The van der Waals surface area contributed by atoms with Crippen LogP contribution in [0.25, 0.3) is 44.6 Å². The molecule has 4 aromatic heterocycles. The number of piperidine rings is 1. The Morgan fingerprint density at radius 1 is 1.00 bits per heavy atom. The van der Waals surface area contributed by atoms with Gasteiger partial charge in [0.05, 0.1) is 17.2 Å². The molecule has 0 radical (unpaired) electrons. The highest BCUT2D eigenvalue weighted by Crippen LogP contribution is 2.32. The normalized spacial score (nSPS) is 14.8. The Hall–Kier alpha value is -3.68. The van der Waals surface area contributed by atoms with E-state index in [4.69, 9.17) is 4.98 Å². The topological polar surface area (TPSA) is 91.3 Å². The molecule has 8 heteroatoms. The average molecular weight is 398 g/mol. The molecular weight excluding hydrogens is 376 g/mol. The number of imidazole rings is 1. The predicted molar refractivity (Wildman–Crippen MR) is 117 cm³/mol. The second kappa shape index (κ2) is 6.69. The highest BCUT2D eigenvalue weighted by molar-refractivity contribution is 5.96. The van der Waals surface area contributed by atoms with Gasteiger partial charge in [0.1, 0.15) is 11.2 Å². The van der Waals surface area contributed by atoms with E-state index in [1.807, 2.05) is 36.4 Å². The summed E-state index contributed by atoms with van der Waals surface area (Å²) < 4.78 is 1.81. The number of anilines is 1. The lowest BCUT2D eigenvalue weighted by Gasteiger charge is -2.27. The monoisotopic (exact) mass is 398 g/mol. The number of rotatable bonds is 3. The fourth-order valence-corrected chi connectivity index (χ4v) is 4.32. The van der Waals surface area contributed by atoms with Crippen LogP contribution in [0.4, 0.5) is 5.82 Å². The highest BCUT2D eigenvalue weighted by atomic mass is 15.2. The predicted octanol–water partition coefficient (Wildman–Crippen LogP) is 3.89. The van der Waals surface area contributed by atoms with Crippen LogP contribution in [0.15, 0.2) is 42.9 Å². The molecule has 5 aromatic rings. The maximum atomic E-state index is 4.93. The van der Waals surface area contributed by atoms with Crippen LogP contribution in [0.5, 0.6) is 0 Å². The SMILES string of the molecule is Cn1cc(-c2ccc3[nH]nc(-c4nc5c(N6CCCCC6)nccc5[nH]4)c3c2)cn1. The molecule has 0 atom stereocenters. The maximum Gasteiger partial charge on any atom is 0.159 e. The highest BCUT2D eigenvalue weighted by Gasteiger charge is 2.19. The summed E-state index contributed by atoms with van der Waals surface area (Å²) >= 11 is 0. The molecule has 2 N–H and O–H groups in total. The molecule has 0 saturated carbocycles. The average Bonchev–Trinajstić information content (AvgIpc) is 3.50. The quantitative estimate of drug-likeness (QED) is 0.481. The lowest BCUT2D eigenvalue weighted by Crippen LogP contribution is -2.30. The van der Waals surface area contributed by atoms with Crippen molar-refractivity contribution in [1.82, 2.24) is 34.9 Å². The molecular formula is C22H22N8. The van der Waals surface area contributed by atoms with Crippen LogP contribution in [0, 0.1) is 0 Å². The largest absolute Gasteiger partial charge is 0.355 e. The molecule has 150 valence electrons. The minimum Gasteiger partial charge on any atom is -0.355 e. The molecule has 1 aliphatic heterocycles. The summed E-state index contributed by atoms with van der Waals surface area (Å²) in [4.78, 5) is 15.4. The Morgan fingerprint density at radius 2 is 1.90 bits per heavy atom. The number of hydrogen-bond donors (Lipinski definition) is 2. The molecule has 8 nitrogen and oxygen atoms in total. The first-order valence-electron chi connectivity index (χ1n) is 10.3. The molecule has 5 heterocycles. The van der Waals surface area contributed by atoms with Crippen LogP contribution in [0.2, 0.25) is 0 Å². The van der Waals surface area contributed by atoms with Crippen molar-refractivity contribution in [3.8, 4) is 22.6 Å². The van der Waals surface area contributed by atoms with Crippen molar-refractivity contribution in [2.24, 2.45) is 7.05 Å². The smallest absolute Gasteiger partial charge is 0.159 e. The van der Waals surface area contributed by atoms with Gasteiger partial charge in [0, 0.05) is 43.5 Å². The van der Waals surface area contributed by atoms with Crippen LogP contribution >= 0.6 is 0 Å². The van der Waals surface area contributed by atoms with Gasteiger partial charge < -0.3 is 9.88 Å². The Bertz CT molecular complexity index is 1350. The van der Waals surface area contributed by atoms with E-state index in [-0.39, 0.29) is 0 Å². The third kappa shape index (κ3) is 2.75. The van der Waals surface area contributed by atoms with Gasteiger partial charge in [0.2, 0.25) is 0 Å². The second-order valence-electron chi connectivity index (χ2n) is 7.90. The van der Waals surface area contributed by atoms with Gasteiger partial charge in [-0.2, -0.15) is 10.2 Å². The number of benzene rings is 1. The van der Waals surface area contributed by atoms with E-state index in [1.54, 1.807) is 0 Å². The summed E-state index contributed by atoms with van der Waals surface area (Å²) in [5.41, 5.74) is 5.87. The third-order valence-electron chi connectivity index (χ3n) is 5.86. The van der Waals surface area contributed by atoms with E-state index < -0.39 is 0 Å². The van der Waals surface area contributed by atoms with Gasteiger partial charge in [0.15, 0.2) is 11.6 Å². The molecule has 30 heavy (non-hydrogen) atoms. The number of H-pyrrole nitrogens is 2. The van der Waals surface area contributed by atoms with E-state index in [2.05, 4.69) is 48.4 Å². The van der Waals surface area contributed by atoms with E-state index in [9.17, 15) is 0 Å². The van der Waals surface area contributed by atoms with Gasteiger partial charge in [-0.3, -0.25) is 9.78 Å². The molecule has 0 aliphatic carbocycles. The number of nitrogens with one attached hydrogen (secondary N) is 2. The number of fused-ring (bicyclic) bond motifs is 2. The molecule has 1 fully saturated rings. The number of nitrogens with zero attached hydrogens (tertiary/aromatic N) is 6. The first kappa shape index (κ1) is 17.2. The van der Waals surface area contributed by atoms with Crippen molar-refractivity contribution in [2.45, 2.75) is 19.3 Å². The van der Waals surface area contributed by atoms with Crippen molar-refractivity contribution in [3.63, 3.8) is 0 Å². The molecule has 0 unspecified atom stereocenters. The summed E-state index contributed by atoms with van der Waals surface area (Å²) in [5, 5.41) is 13.0. The van der Waals surface area contributed by atoms with Crippen LogP contribution in [-0.4, -0.2) is 48.0 Å². The zero-order valence-corrected chi connectivity index (χ0v) is 16.8. The van der Waals surface area contributed by atoms with Gasteiger partial charge in [0.25, 0.3) is 0 Å². The van der Waals surface area contributed by atoms with Crippen molar-refractivity contribution in [3.05, 3.63) is 42.9 Å². The molecule has 6 rings (SSSR count). The third-order valence-corrected chi connectivity index (χ3v) is 5.86. The van der Waals surface area contributed by atoms with Gasteiger partial charge in [-0.15, -0.1) is 0 Å². The summed E-state index contributed by atoms with van der Waals surface area (Å²) in [7, 11) is 1.92. The van der Waals surface area contributed by atoms with Gasteiger partial charge in [-0.25, -0.2) is 9.97 Å². The number of aromatic amines is 2. The van der Waals surface area contributed by atoms with Crippen LogP contribution in [0.3, 0.4) is 0 Å². The van der Waals surface area contributed by atoms with Crippen molar-refractivity contribution in [2.75, 3.05) is 18.0 Å². The first-order chi connectivity index (χ1) is 14.8. The first-order valence-corrected chi connectivity index (χ1v) is 10.3. The van der Waals surface area contributed by atoms with Gasteiger partial charge in [-0.05, 0) is 43.0 Å². The second-order valence-corrected chi connectivity index (χ2v) is 7.90. The Morgan fingerprint density at radius 3 is 2.73 bits per heavy atom. The molecule has 0 bridgehead atoms. The Labute approximate surface area is 173 Å². The molecule has 1 aromatic carbocycles. The fourth-order valence-electron chi connectivity index (χ4n) is 4.32. The molecule has 1 aliphatic rings. The van der Waals surface area contributed by atoms with Crippen molar-refractivity contribution < 1.29 is 0 Å². The fraction of sp³-hybridized carbons (Fsp3) is 0.273. The summed E-state index contributed by atoms with van der Waals surface area (Å²) in [6, 6.07) is 8.26. The van der Waals surface area contributed by atoms with Gasteiger partial charge in [-0.1, -0.05) is 6.07 Å². The minimum atomic E-state index is 0.755. The summed E-state index contributed by atoms with van der Waals surface area (Å²) in [6.45, 7) is 2.07. The number of pyridine rings is 1. The molecule has 1 saturated heterocycles. The zero-order valence-electron chi connectivity index (χ0n) is 16.8. The number of hydrogen-bond acceptors (Lipinski definition) is 5. The van der Waals surface area contributed by atoms with E-state index in [0.717, 1.165) is 63.5 Å². The molecule has 0 spiro atoms. The standard InChI is InChI=1S/C22H22N8/c1-29-13-15(12-24-29)14-5-6-17-16(11-14)19(28-27-17)21-25-18-7-8-23-22(20(18)26-21)30-9-3-2-4-10-30/h5-8,11-13H,2-4,9-10H2,1H3,(H,25,26)(H,27,28). The number of aryl methyl sites for hydroxylation is 1. The van der Waals surface area contributed by atoms with E-state index in [1.165, 1.54) is 19.3 Å². The van der Waals surface area contributed by atoms with Crippen LogP contribution in [-0.2, 0) is 7.05 Å². The zero-order chi connectivity index (χ0) is 20.1. The van der Waals surface area contributed by atoms with Crippen LogP contribution in [0.1, 0.15) is 19.3 Å².